The number of morpholine rings is 1. The number of imide groups is 1. The lowest BCUT2D eigenvalue weighted by Crippen LogP contribution is -2.44. The SMILES string of the molecule is NC(=NCc1cccc(N2C(=O)NC3(CCCC3)C2=O)c1)N1CCOCC1. The topological polar surface area (TPSA) is 100 Å². The zero-order valence-corrected chi connectivity index (χ0v) is 15.3. The van der Waals surface area contributed by atoms with Gasteiger partial charge in [0.05, 0.1) is 25.4 Å². The van der Waals surface area contributed by atoms with Crippen LogP contribution in [0, 0.1) is 0 Å². The summed E-state index contributed by atoms with van der Waals surface area (Å²) < 4.78 is 5.32. The molecule has 2 heterocycles. The maximum atomic E-state index is 12.9. The van der Waals surface area contributed by atoms with E-state index in [1.807, 2.05) is 23.1 Å². The number of ether oxygens (including phenoxy) is 1. The lowest BCUT2D eigenvalue weighted by Gasteiger charge is -2.27. The molecule has 144 valence electrons. The van der Waals surface area contributed by atoms with Crippen molar-refractivity contribution < 1.29 is 14.3 Å². The van der Waals surface area contributed by atoms with Crippen LogP contribution in [0.4, 0.5) is 10.5 Å². The highest BCUT2D eigenvalue weighted by Crippen LogP contribution is 2.37. The monoisotopic (exact) mass is 371 g/mol. The molecule has 0 unspecified atom stereocenters. The number of carbonyl (C=O) groups excluding carboxylic acids is 2. The second-order valence-electron chi connectivity index (χ2n) is 7.30. The molecule has 0 atom stereocenters. The minimum atomic E-state index is -0.702. The zero-order chi connectivity index (χ0) is 18.9. The summed E-state index contributed by atoms with van der Waals surface area (Å²) in [6.45, 7) is 3.17. The summed E-state index contributed by atoms with van der Waals surface area (Å²) in [6, 6.07) is 7.04. The Balaban J connectivity index is 1.49. The van der Waals surface area contributed by atoms with Gasteiger partial charge in [0.25, 0.3) is 5.91 Å². The van der Waals surface area contributed by atoms with Crippen molar-refractivity contribution in [1.82, 2.24) is 10.2 Å². The summed E-state index contributed by atoms with van der Waals surface area (Å²) in [4.78, 5) is 33.1. The van der Waals surface area contributed by atoms with E-state index in [1.54, 1.807) is 6.07 Å². The van der Waals surface area contributed by atoms with Crippen molar-refractivity contribution in [2.45, 2.75) is 37.8 Å². The molecule has 2 saturated heterocycles. The Bertz CT molecular complexity index is 766. The molecule has 1 spiro atoms. The van der Waals surface area contributed by atoms with Crippen molar-refractivity contribution in [1.29, 1.82) is 0 Å². The van der Waals surface area contributed by atoms with E-state index in [0.29, 0.717) is 44.2 Å². The standard InChI is InChI=1S/C19H25N5O3/c20-17(23-8-10-27-11-9-23)21-13-14-4-3-5-15(12-14)24-16(25)19(22-18(24)26)6-1-2-7-19/h3-5,12H,1-2,6-11,13H2,(H2,20,21)(H,22,26). The first-order chi connectivity index (χ1) is 13.1. The predicted molar refractivity (Wildman–Crippen MR) is 101 cm³/mol. The number of rotatable bonds is 3. The summed E-state index contributed by atoms with van der Waals surface area (Å²) >= 11 is 0. The highest BCUT2D eigenvalue weighted by atomic mass is 16.5. The molecule has 3 aliphatic rings. The summed E-state index contributed by atoms with van der Waals surface area (Å²) in [6.07, 6.45) is 3.37. The molecular formula is C19H25N5O3. The van der Waals surface area contributed by atoms with Crippen LogP contribution in [-0.4, -0.2) is 54.6 Å². The number of hydrogen-bond acceptors (Lipinski definition) is 4. The Labute approximate surface area is 158 Å². The maximum Gasteiger partial charge on any atom is 0.329 e. The van der Waals surface area contributed by atoms with Crippen LogP contribution in [0.25, 0.3) is 0 Å². The van der Waals surface area contributed by atoms with Crippen molar-refractivity contribution >= 4 is 23.6 Å². The second-order valence-corrected chi connectivity index (χ2v) is 7.30. The number of amides is 3. The molecule has 2 aliphatic heterocycles. The number of aliphatic imine (C=N–C) groups is 1. The third-order valence-corrected chi connectivity index (χ3v) is 5.55. The summed E-state index contributed by atoms with van der Waals surface area (Å²) in [5, 5.41) is 2.91. The molecule has 1 saturated carbocycles. The number of nitrogens with one attached hydrogen (secondary N) is 1. The Morgan fingerprint density at radius 2 is 1.96 bits per heavy atom. The molecule has 0 radical (unpaired) electrons. The lowest BCUT2D eigenvalue weighted by atomic mass is 9.98. The number of nitrogens with two attached hydrogens (primary N) is 1. The van der Waals surface area contributed by atoms with Gasteiger partial charge in [-0.1, -0.05) is 25.0 Å². The van der Waals surface area contributed by atoms with Gasteiger partial charge in [0.1, 0.15) is 5.54 Å². The van der Waals surface area contributed by atoms with E-state index in [0.717, 1.165) is 31.5 Å². The first kappa shape index (κ1) is 17.8. The average molecular weight is 371 g/mol. The number of urea groups is 1. The molecule has 1 aromatic carbocycles. The van der Waals surface area contributed by atoms with Crippen LogP contribution in [0.3, 0.4) is 0 Å². The Hall–Kier alpha value is -2.61. The van der Waals surface area contributed by atoms with Gasteiger partial charge >= 0.3 is 6.03 Å². The summed E-state index contributed by atoms with van der Waals surface area (Å²) in [5.41, 5.74) is 6.85. The maximum absolute atomic E-state index is 12.9. The number of benzene rings is 1. The average Bonchev–Trinajstić information content (AvgIpc) is 3.25. The van der Waals surface area contributed by atoms with Crippen LogP contribution >= 0.6 is 0 Å². The fourth-order valence-corrected chi connectivity index (χ4v) is 4.03. The Morgan fingerprint density at radius 1 is 1.22 bits per heavy atom. The van der Waals surface area contributed by atoms with E-state index in [9.17, 15) is 9.59 Å². The van der Waals surface area contributed by atoms with Gasteiger partial charge in [0.2, 0.25) is 0 Å². The molecule has 3 N–H and O–H groups in total. The number of hydrogen-bond donors (Lipinski definition) is 2. The second kappa shape index (κ2) is 7.19. The lowest BCUT2D eigenvalue weighted by molar-refractivity contribution is -0.121. The fourth-order valence-electron chi connectivity index (χ4n) is 4.03. The number of nitrogens with zero attached hydrogens (tertiary/aromatic N) is 3. The van der Waals surface area contributed by atoms with Crippen molar-refractivity contribution in [3.63, 3.8) is 0 Å². The van der Waals surface area contributed by atoms with Crippen molar-refractivity contribution in [3.05, 3.63) is 29.8 Å². The smallest absolute Gasteiger partial charge is 0.329 e. The van der Waals surface area contributed by atoms with Gasteiger partial charge in [-0.05, 0) is 30.5 Å². The minimum absolute atomic E-state index is 0.140. The number of anilines is 1. The van der Waals surface area contributed by atoms with Gasteiger partial charge in [-0.25, -0.2) is 14.7 Å². The van der Waals surface area contributed by atoms with Gasteiger partial charge in [0, 0.05) is 13.1 Å². The number of carbonyl (C=O) groups is 2. The van der Waals surface area contributed by atoms with Crippen molar-refractivity contribution in [2.75, 3.05) is 31.2 Å². The van der Waals surface area contributed by atoms with E-state index < -0.39 is 5.54 Å². The summed E-state index contributed by atoms with van der Waals surface area (Å²) in [7, 11) is 0. The van der Waals surface area contributed by atoms with E-state index in [2.05, 4.69) is 10.3 Å². The van der Waals surface area contributed by atoms with Gasteiger partial charge in [0.15, 0.2) is 5.96 Å². The molecule has 0 aromatic heterocycles. The first-order valence-corrected chi connectivity index (χ1v) is 9.47. The molecule has 27 heavy (non-hydrogen) atoms. The largest absolute Gasteiger partial charge is 0.378 e. The molecule has 8 nitrogen and oxygen atoms in total. The van der Waals surface area contributed by atoms with Crippen molar-refractivity contribution in [3.8, 4) is 0 Å². The van der Waals surface area contributed by atoms with Crippen LogP contribution in [0.15, 0.2) is 29.3 Å². The molecule has 3 amide bonds. The quantitative estimate of drug-likeness (QED) is 0.472. The van der Waals surface area contributed by atoms with Gasteiger partial charge in [-0.15, -0.1) is 0 Å². The minimum Gasteiger partial charge on any atom is -0.378 e. The Morgan fingerprint density at radius 3 is 2.70 bits per heavy atom. The van der Waals surface area contributed by atoms with Crippen molar-refractivity contribution in [2.24, 2.45) is 10.7 Å². The molecule has 4 rings (SSSR count). The van der Waals surface area contributed by atoms with Crippen LogP contribution in [0.2, 0.25) is 0 Å². The molecule has 1 aliphatic carbocycles. The highest BCUT2D eigenvalue weighted by molar-refractivity contribution is 6.23. The van der Waals surface area contributed by atoms with Gasteiger partial charge < -0.3 is 20.7 Å². The number of guanidine groups is 1. The van der Waals surface area contributed by atoms with E-state index >= 15 is 0 Å². The molecule has 8 heteroatoms. The van der Waals surface area contributed by atoms with E-state index in [4.69, 9.17) is 10.5 Å². The fraction of sp³-hybridized carbons (Fsp3) is 0.526. The van der Waals surface area contributed by atoms with Gasteiger partial charge in [-0.2, -0.15) is 0 Å². The zero-order valence-electron chi connectivity index (χ0n) is 15.3. The molecular weight excluding hydrogens is 346 g/mol. The Kier molecular flexibility index (Phi) is 4.73. The van der Waals surface area contributed by atoms with E-state index in [1.165, 1.54) is 4.90 Å². The van der Waals surface area contributed by atoms with E-state index in [-0.39, 0.29) is 11.9 Å². The highest BCUT2D eigenvalue weighted by Gasteiger charge is 2.52. The first-order valence-electron chi connectivity index (χ1n) is 9.47. The normalized spacial score (nSPS) is 22.6. The van der Waals surface area contributed by atoms with Crippen LogP contribution in [0.5, 0.6) is 0 Å². The molecule has 1 aromatic rings. The predicted octanol–water partition coefficient (Wildman–Crippen LogP) is 1.20. The van der Waals surface area contributed by atoms with Crippen LogP contribution < -0.4 is 16.0 Å². The third-order valence-electron chi connectivity index (χ3n) is 5.55. The molecule has 3 fully saturated rings. The van der Waals surface area contributed by atoms with Crippen LogP contribution in [0.1, 0.15) is 31.2 Å². The summed E-state index contributed by atoms with van der Waals surface area (Å²) in [5.74, 6) is 0.349. The van der Waals surface area contributed by atoms with Crippen LogP contribution in [-0.2, 0) is 16.1 Å². The third kappa shape index (κ3) is 3.37. The molecule has 0 bridgehead atoms. The van der Waals surface area contributed by atoms with Gasteiger partial charge in [-0.3, -0.25) is 4.79 Å².